The van der Waals surface area contributed by atoms with Crippen LogP contribution in [0.2, 0.25) is 0 Å². The maximum Gasteiger partial charge on any atom is 0.0359 e. The Morgan fingerprint density at radius 3 is 2.17 bits per heavy atom. The predicted molar refractivity (Wildman–Crippen MR) is 86.9 cm³/mol. The number of halogens is 1. The van der Waals surface area contributed by atoms with Crippen LogP contribution in [0.3, 0.4) is 0 Å². The van der Waals surface area contributed by atoms with Crippen molar-refractivity contribution in [2.24, 2.45) is 0 Å². The van der Waals surface area contributed by atoms with Crippen LogP contribution in [-0.4, -0.2) is 0 Å². The molecule has 0 nitrogen and oxygen atoms in total. The smallest absolute Gasteiger partial charge is 0.0359 e. The Hall–Kier alpha value is -0.830. The number of hydrogen-bond donors (Lipinski definition) is 0. The lowest BCUT2D eigenvalue weighted by Gasteiger charge is -2.09. The normalized spacial score (nSPS) is 12.3. The Kier molecular flexibility index (Phi) is 5.72. The van der Waals surface area contributed by atoms with E-state index in [2.05, 4.69) is 89.7 Å². The molecule has 0 heterocycles. The number of benzene rings is 2. The molecule has 2 aromatic carbocycles. The van der Waals surface area contributed by atoms with Crippen LogP contribution in [0.1, 0.15) is 34.3 Å². The summed E-state index contributed by atoms with van der Waals surface area (Å²) in [7, 11) is 0. The molecule has 0 saturated heterocycles. The average molecular weight is 349 g/mol. The summed E-state index contributed by atoms with van der Waals surface area (Å²) >= 11 is 2.55. The van der Waals surface area contributed by atoms with E-state index in [1.54, 1.807) is 0 Å². The van der Waals surface area contributed by atoms with Crippen LogP contribution in [-0.2, 0) is 0 Å². The van der Waals surface area contributed by atoms with E-state index in [9.17, 15) is 0 Å². The summed E-state index contributed by atoms with van der Waals surface area (Å²) in [5.74, 6) is 0. The zero-order chi connectivity index (χ0) is 12.6. The lowest BCUT2D eigenvalue weighted by atomic mass is 10.0. The molecular formula is C17H18I. The molecule has 18 heavy (non-hydrogen) atoms. The first-order valence-corrected chi connectivity index (χ1v) is 7.68. The second kappa shape index (κ2) is 7.57. The second-order valence-electron chi connectivity index (χ2n) is 4.42. The van der Waals surface area contributed by atoms with Crippen LogP contribution < -0.4 is 0 Å². The third-order valence-corrected chi connectivity index (χ3v) is 4.34. The van der Waals surface area contributed by atoms with E-state index < -0.39 is 0 Å². The number of alkyl halides is 1. The van der Waals surface area contributed by atoms with E-state index in [-0.39, 0.29) is 0 Å². The lowest BCUT2D eigenvalue weighted by molar-refractivity contribution is 0.735. The van der Waals surface area contributed by atoms with Crippen molar-refractivity contribution in [2.75, 3.05) is 0 Å². The van der Waals surface area contributed by atoms with Gasteiger partial charge in [0, 0.05) is 3.92 Å². The molecule has 0 aliphatic heterocycles. The predicted octanol–water partition coefficient (Wildman–Crippen LogP) is 5.59. The quantitative estimate of drug-likeness (QED) is 0.363. The molecular weight excluding hydrogens is 331 g/mol. The fourth-order valence-corrected chi connectivity index (χ4v) is 2.84. The van der Waals surface area contributed by atoms with E-state index >= 15 is 0 Å². The van der Waals surface area contributed by atoms with E-state index in [4.69, 9.17) is 0 Å². The SMILES string of the molecule is IC(CCC[CH]c1ccccc1)c1ccccc1. The molecule has 0 bridgehead atoms. The van der Waals surface area contributed by atoms with Crippen molar-refractivity contribution in [2.45, 2.75) is 23.2 Å². The third-order valence-electron chi connectivity index (χ3n) is 3.00. The van der Waals surface area contributed by atoms with Crippen molar-refractivity contribution in [1.82, 2.24) is 0 Å². The zero-order valence-electron chi connectivity index (χ0n) is 10.4. The average Bonchev–Trinajstić information content (AvgIpc) is 2.45. The topological polar surface area (TPSA) is 0 Å². The molecule has 0 aromatic heterocycles. The molecule has 1 heteroatoms. The minimum absolute atomic E-state index is 0.632. The van der Waals surface area contributed by atoms with Gasteiger partial charge in [0.1, 0.15) is 0 Å². The Morgan fingerprint density at radius 1 is 0.889 bits per heavy atom. The zero-order valence-corrected chi connectivity index (χ0v) is 12.6. The van der Waals surface area contributed by atoms with Crippen LogP contribution in [0.4, 0.5) is 0 Å². The fourth-order valence-electron chi connectivity index (χ4n) is 1.98. The van der Waals surface area contributed by atoms with Crippen LogP contribution in [0.15, 0.2) is 60.7 Å². The number of rotatable bonds is 6. The van der Waals surface area contributed by atoms with Crippen LogP contribution in [0.5, 0.6) is 0 Å². The van der Waals surface area contributed by atoms with Crippen molar-refractivity contribution < 1.29 is 0 Å². The van der Waals surface area contributed by atoms with Gasteiger partial charge in [0.05, 0.1) is 0 Å². The fraction of sp³-hybridized carbons (Fsp3) is 0.235. The summed E-state index contributed by atoms with van der Waals surface area (Å²) in [6, 6.07) is 21.3. The van der Waals surface area contributed by atoms with Gasteiger partial charge in [-0.1, -0.05) is 89.7 Å². The highest BCUT2D eigenvalue weighted by Gasteiger charge is 2.05. The minimum Gasteiger partial charge on any atom is -0.0774 e. The molecule has 0 spiro atoms. The molecule has 1 unspecified atom stereocenters. The molecule has 0 fully saturated rings. The number of hydrogen-bond acceptors (Lipinski definition) is 0. The summed E-state index contributed by atoms with van der Waals surface area (Å²) in [5.41, 5.74) is 2.78. The van der Waals surface area contributed by atoms with E-state index in [0.29, 0.717) is 3.92 Å². The van der Waals surface area contributed by atoms with Crippen LogP contribution in [0, 0.1) is 6.42 Å². The Morgan fingerprint density at radius 2 is 1.50 bits per heavy atom. The maximum absolute atomic E-state index is 2.55. The summed E-state index contributed by atoms with van der Waals surface area (Å²) in [4.78, 5) is 0. The van der Waals surface area contributed by atoms with Crippen molar-refractivity contribution in [3.8, 4) is 0 Å². The van der Waals surface area contributed by atoms with Gasteiger partial charge in [-0.25, -0.2) is 0 Å². The standard InChI is InChI=1S/C17H18I/c18-17(16-12-5-2-6-13-16)14-8-7-11-15-9-3-1-4-10-15/h1-6,9-13,17H,7-8,14H2. The summed E-state index contributed by atoms with van der Waals surface area (Å²) in [6.45, 7) is 0. The van der Waals surface area contributed by atoms with Crippen molar-refractivity contribution in [3.63, 3.8) is 0 Å². The van der Waals surface area contributed by atoms with Gasteiger partial charge in [-0.05, 0) is 30.4 Å². The summed E-state index contributed by atoms with van der Waals surface area (Å²) in [5, 5.41) is 0. The minimum atomic E-state index is 0.632. The molecule has 1 atom stereocenters. The Balaban J connectivity index is 1.70. The first-order chi connectivity index (χ1) is 8.86. The molecule has 93 valence electrons. The van der Waals surface area contributed by atoms with Gasteiger partial charge < -0.3 is 0 Å². The van der Waals surface area contributed by atoms with Crippen molar-refractivity contribution >= 4 is 22.6 Å². The summed E-state index contributed by atoms with van der Waals surface area (Å²) in [6.07, 6.45) is 5.98. The number of unbranched alkanes of at least 4 members (excludes halogenated alkanes) is 1. The van der Waals surface area contributed by atoms with Crippen molar-refractivity contribution in [3.05, 3.63) is 78.2 Å². The van der Waals surface area contributed by atoms with Gasteiger partial charge in [-0.3, -0.25) is 0 Å². The third kappa shape index (κ3) is 4.45. The molecule has 2 rings (SSSR count). The van der Waals surface area contributed by atoms with Crippen LogP contribution in [0.25, 0.3) is 0 Å². The van der Waals surface area contributed by atoms with Gasteiger partial charge in [0.2, 0.25) is 0 Å². The molecule has 0 aliphatic carbocycles. The lowest BCUT2D eigenvalue weighted by Crippen LogP contribution is -1.90. The molecule has 0 saturated carbocycles. The first-order valence-electron chi connectivity index (χ1n) is 6.43. The largest absolute Gasteiger partial charge is 0.0774 e. The van der Waals surface area contributed by atoms with E-state index in [1.807, 2.05) is 0 Å². The highest BCUT2D eigenvalue weighted by atomic mass is 127. The van der Waals surface area contributed by atoms with Gasteiger partial charge in [-0.15, -0.1) is 0 Å². The Labute approximate surface area is 124 Å². The molecule has 0 aliphatic rings. The molecule has 1 radical (unpaired) electrons. The monoisotopic (exact) mass is 349 g/mol. The van der Waals surface area contributed by atoms with E-state index in [0.717, 1.165) is 6.42 Å². The second-order valence-corrected chi connectivity index (χ2v) is 5.93. The summed E-state index contributed by atoms with van der Waals surface area (Å²) < 4.78 is 0.632. The molecule has 0 N–H and O–H groups in total. The van der Waals surface area contributed by atoms with Crippen LogP contribution >= 0.6 is 22.6 Å². The first kappa shape index (κ1) is 13.6. The molecule has 0 amide bonds. The van der Waals surface area contributed by atoms with Gasteiger partial charge in [0.15, 0.2) is 0 Å². The highest BCUT2D eigenvalue weighted by molar-refractivity contribution is 14.1. The van der Waals surface area contributed by atoms with Gasteiger partial charge in [0.25, 0.3) is 0 Å². The van der Waals surface area contributed by atoms with Gasteiger partial charge in [-0.2, -0.15) is 0 Å². The van der Waals surface area contributed by atoms with Crippen molar-refractivity contribution in [1.29, 1.82) is 0 Å². The highest BCUT2D eigenvalue weighted by Crippen LogP contribution is 2.28. The Bertz CT molecular complexity index is 436. The molecule has 2 aromatic rings. The van der Waals surface area contributed by atoms with E-state index in [1.165, 1.54) is 24.0 Å². The maximum atomic E-state index is 2.55. The van der Waals surface area contributed by atoms with Gasteiger partial charge >= 0.3 is 0 Å².